The van der Waals surface area contributed by atoms with Crippen LogP contribution in [0.15, 0.2) is 36.4 Å². The predicted octanol–water partition coefficient (Wildman–Crippen LogP) is 2.00. The molecular formula is C15H13NO4. The van der Waals surface area contributed by atoms with E-state index in [1.54, 1.807) is 28.8 Å². The fraction of sp³-hybridized carbons (Fsp3) is 0.200. The van der Waals surface area contributed by atoms with Crippen LogP contribution in [0.2, 0.25) is 0 Å². The van der Waals surface area contributed by atoms with E-state index in [4.69, 9.17) is 5.11 Å². The number of phenols is 1. The van der Waals surface area contributed by atoms with E-state index in [-0.39, 0.29) is 11.5 Å². The molecular weight excluding hydrogens is 258 g/mol. The normalized spacial score (nSPS) is 16.9. The van der Waals surface area contributed by atoms with Crippen LogP contribution in [0.4, 0.5) is 0 Å². The number of carboxylic acid groups (broad SMARTS) is 1. The minimum absolute atomic E-state index is 0.0347. The fourth-order valence-electron chi connectivity index (χ4n) is 2.69. The Morgan fingerprint density at radius 3 is 2.70 bits per heavy atom. The van der Waals surface area contributed by atoms with Crippen molar-refractivity contribution in [2.24, 2.45) is 0 Å². The average molecular weight is 271 g/mol. The lowest BCUT2D eigenvalue weighted by molar-refractivity contribution is -0.138. The fourth-order valence-corrected chi connectivity index (χ4v) is 2.69. The van der Waals surface area contributed by atoms with E-state index in [1.165, 1.54) is 12.1 Å². The SMILES string of the molecule is O=C(c1cccc(O)c1)c1ccc2n1CCC2C(=O)O. The van der Waals surface area contributed by atoms with Crippen molar-refractivity contribution in [2.75, 3.05) is 0 Å². The largest absolute Gasteiger partial charge is 0.508 e. The van der Waals surface area contributed by atoms with Crippen molar-refractivity contribution in [3.8, 4) is 5.75 Å². The Morgan fingerprint density at radius 1 is 1.20 bits per heavy atom. The number of phenolic OH excluding ortho intramolecular Hbond substituents is 1. The number of carbonyl (C=O) groups excluding carboxylic acids is 1. The zero-order valence-corrected chi connectivity index (χ0v) is 10.6. The maximum Gasteiger partial charge on any atom is 0.312 e. The third-order valence-electron chi connectivity index (χ3n) is 3.65. The van der Waals surface area contributed by atoms with E-state index < -0.39 is 11.9 Å². The van der Waals surface area contributed by atoms with Gasteiger partial charge in [-0.1, -0.05) is 12.1 Å². The van der Waals surface area contributed by atoms with Crippen LogP contribution in [0.1, 0.15) is 34.1 Å². The molecule has 1 aliphatic rings. The van der Waals surface area contributed by atoms with Crippen LogP contribution in [0.5, 0.6) is 5.75 Å². The lowest BCUT2D eigenvalue weighted by atomic mass is 10.1. The quantitative estimate of drug-likeness (QED) is 0.837. The molecule has 1 unspecified atom stereocenters. The first kappa shape index (κ1) is 12.5. The summed E-state index contributed by atoms with van der Waals surface area (Å²) in [7, 11) is 0. The van der Waals surface area contributed by atoms with Crippen molar-refractivity contribution in [3.63, 3.8) is 0 Å². The number of ketones is 1. The molecule has 5 nitrogen and oxygen atoms in total. The number of fused-ring (bicyclic) bond motifs is 1. The summed E-state index contributed by atoms with van der Waals surface area (Å²) in [6.07, 6.45) is 0.506. The van der Waals surface area contributed by atoms with E-state index >= 15 is 0 Å². The van der Waals surface area contributed by atoms with Gasteiger partial charge in [-0.05, 0) is 30.7 Å². The van der Waals surface area contributed by atoms with Gasteiger partial charge in [0.05, 0.1) is 11.6 Å². The van der Waals surface area contributed by atoms with Crippen LogP contribution in [-0.4, -0.2) is 26.5 Å². The highest BCUT2D eigenvalue weighted by Crippen LogP contribution is 2.31. The Labute approximate surface area is 115 Å². The molecule has 2 N–H and O–H groups in total. The first-order valence-electron chi connectivity index (χ1n) is 6.34. The van der Waals surface area contributed by atoms with E-state index in [9.17, 15) is 14.7 Å². The molecule has 2 heterocycles. The van der Waals surface area contributed by atoms with Crippen LogP contribution in [0.25, 0.3) is 0 Å². The van der Waals surface area contributed by atoms with Gasteiger partial charge in [0.15, 0.2) is 0 Å². The third-order valence-corrected chi connectivity index (χ3v) is 3.65. The third kappa shape index (κ3) is 1.87. The summed E-state index contributed by atoms with van der Waals surface area (Å²) in [5, 5.41) is 18.6. The number of carboxylic acids is 1. The summed E-state index contributed by atoms with van der Waals surface area (Å²) >= 11 is 0. The number of aliphatic carboxylic acids is 1. The van der Waals surface area contributed by atoms with Gasteiger partial charge < -0.3 is 14.8 Å². The summed E-state index contributed by atoms with van der Waals surface area (Å²) < 4.78 is 1.76. The molecule has 0 saturated carbocycles. The Kier molecular flexibility index (Phi) is 2.82. The Hall–Kier alpha value is -2.56. The monoisotopic (exact) mass is 271 g/mol. The molecule has 2 aromatic rings. The van der Waals surface area contributed by atoms with E-state index in [1.807, 2.05) is 0 Å². The lowest BCUT2D eigenvalue weighted by Gasteiger charge is -2.06. The van der Waals surface area contributed by atoms with Gasteiger partial charge in [-0.3, -0.25) is 9.59 Å². The molecule has 0 aliphatic carbocycles. The molecule has 1 aromatic heterocycles. The highest BCUT2D eigenvalue weighted by atomic mass is 16.4. The first-order chi connectivity index (χ1) is 9.58. The Bertz CT molecular complexity index is 702. The molecule has 0 radical (unpaired) electrons. The zero-order valence-electron chi connectivity index (χ0n) is 10.6. The van der Waals surface area contributed by atoms with Crippen LogP contribution in [0, 0.1) is 0 Å². The van der Waals surface area contributed by atoms with Crippen molar-refractivity contribution in [2.45, 2.75) is 18.9 Å². The van der Waals surface area contributed by atoms with E-state index in [0.717, 1.165) is 0 Å². The minimum Gasteiger partial charge on any atom is -0.508 e. The van der Waals surface area contributed by atoms with Gasteiger partial charge in [-0.15, -0.1) is 0 Å². The second-order valence-electron chi connectivity index (χ2n) is 4.85. The number of hydrogen-bond donors (Lipinski definition) is 2. The van der Waals surface area contributed by atoms with Gasteiger partial charge in [0.1, 0.15) is 5.75 Å². The van der Waals surface area contributed by atoms with Crippen LogP contribution >= 0.6 is 0 Å². The highest BCUT2D eigenvalue weighted by Gasteiger charge is 2.31. The predicted molar refractivity (Wildman–Crippen MR) is 71.0 cm³/mol. The topological polar surface area (TPSA) is 79.5 Å². The van der Waals surface area contributed by atoms with Gasteiger partial charge in [0, 0.05) is 17.8 Å². The smallest absolute Gasteiger partial charge is 0.312 e. The Balaban J connectivity index is 1.99. The maximum atomic E-state index is 12.4. The molecule has 5 heteroatoms. The molecule has 1 aromatic carbocycles. The number of hydrogen-bond acceptors (Lipinski definition) is 3. The first-order valence-corrected chi connectivity index (χ1v) is 6.34. The van der Waals surface area contributed by atoms with E-state index in [2.05, 4.69) is 0 Å². The molecule has 0 fully saturated rings. The van der Waals surface area contributed by atoms with E-state index in [0.29, 0.717) is 29.9 Å². The number of benzene rings is 1. The summed E-state index contributed by atoms with van der Waals surface area (Å²) in [5.74, 6) is -1.58. The van der Waals surface area contributed by atoms with Gasteiger partial charge in [-0.25, -0.2) is 0 Å². The second-order valence-corrected chi connectivity index (χ2v) is 4.85. The molecule has 20 heavy (non-hydrogen) atoms. The van der Waals surface area contributed by atoms with Crippen LogP contribution < -0.4 is 0 Å². The minimum atomic E-state index is -0.863. The number of nitrogens with zero attached hydrogens (tertiary/aromatic N) is 1. The van der Waals surface area contributed by atoms with Crippen molar-refractivity contribution < 1.29 is 19.8 Å². The molecule has 0 amide bonds. The lowest BCUT2D eigenvalue weighted by Crippen LogP contribution is -2.09. The van der Waals surface area contributed by atoms with Crippen LogP contribution in [-0.2, 0) is 11.3 Å². The molecule has 3 rings (SSSR count). The number of aromatic nitrogens is 1. The van der Waals surface area contributed by atoms with Gasteiger partial charge >= 0.3 is 5.97 Å². The number of rotatable bonds is 3. The zero-order chi connectivity index (χ0) is 14.3. The maximum absolute atomic E-state index is 12.4. The van der Waals surface area contributed by atoms with Gasteiger partial charge in [0.25, 0.3) is 0 Å². The molecule has 102 valence electrons. The summed E-state index contributed by atoms with van der Waals surface area (Å²) in [4.78, 5) is 23.5. The standard InChI is InChI=1S/C15H13NO4/c17-10-3-1-2-9(8-10)14(18)13-5-4-12-11(15(19)20)6-7-16(12)13/h1-5,8,11,17H,6-7H2,(H,19,20). The van der Waals surface area contributed by atoms with Crippen molar-refractivity contribution in [3.05, 3.63) is 53.3 Å². The van der Waals surface area contributed by atoms with Crippen molar-refractivity contribution in [1.29, 1.82) is 0 Å². The Morgan fingerprint density at radius 2 is 2.00 bits per heavy atom. The molecule has 0 saturated heterocycles. The summed E-state index contributed by atoms with van der Waals surface area (Å²) in [6, 6.07) is 9.49. The highest BCUT2D eigenvalue weighted by molar-refractivity contribution is 6.08. The number of aromatic hydroxyl groups is 1. The molecule has 1 aliphatic heterocycles. The summed E-state index contributed by atoms with van der Waals surface area (Å²) in [6.45, 7) is 0.527. The van der Waals surface area contributed by atoms with Gasteiger partial charge in [-0.2, -0.15) is 0 Å². The molecule has 1 atom stereocenters. The van der Waals surface area contributed by atoms with Crippen molar-refractivity contribution in [1.82, 2.24) is 4.57 Å². The number of carbonyl (C=O) groups is 2. The molecule has 0 spiro atoms. The second kappa shape index (κ2) is 4.52. The molecule has 0 bridgehead atoms. The average Bonchev–Trinajstić information content (AvgIpc) is 2.98. The van der Waals surface area contributed by atoms with Crippen molar-refractivity contribution >= 4 is 11.8 Å². The van der Waals surface area contributed by atoms with Crippen LogP contribution in [0.3, 0.4) is 0 Å². The van der Waals surface area contributed by atoms with Gasteiger partial charge in [0.2, 0.25) is 5.78 Å². The summed E-state index contributed by atoms with van der Waals surface area (Å²) in [5.41, 5.74) is 1.53.